The SMILES string of the molecule is CCOc1ccc([Te][Te]c2cccc(N)c2OCC)cc1N. The fourth-order valence-corrected chi connectivity index (χ4v) is 12.4. The molecule has 118 valence electrons. The van der Waals surface area contributed by atoms with E-state index in [9.17, 15) is 0 Å². The van der Waals surface area contributed by atoms with Crippen molar-refractivity contribution in [2.24, 2.45) is 0 Å². The molecule has 2 aromatic rings. The number of nitrogen functional groups attached to an aromatic ring is 2. The van der Waals surface area contributed by atoms with Gasteiger partial charge in [0.05, 0.1) is 0 Å². The summed E-state index contributed by atoms with van der Waals surface area (Å²) in [6.07, 6.45) is 0. The average Bonchev–Trinajstić information content (AvgIpc) is 2.50. The predicted molar refractivity (Wildman–Crippen MR) is 94.8 cm³/mol. The van der Waals surface area contributed by atoms with Crippen LogP contribution in [0.15, 0.2) is 36.4 Å². The summed E-state index contributed by atoms with van der Waals surface area (Å²) in [6, 6.07) is 12.2. The third-order valence-electron chi connectivity index (χ3n) is 2.81. The minimum absolute atomic E-state index is 0.269. The van der Waals surface area contributed by atoms with E-state index in [-0.39, 0.29) is 34.1 Å². The number of benzene rings is 2. The van der Waals surface area contributed by atoms with Crippen LogP contribution < -0.4 is 28.2 Å². The average molecular weight is 528 g/mol. The van der Waals surface area contributed by atoms with Gasteiger partial charge in [-0.15, -0.1) is 0 Å². The van der Waals surface area contributed by atoms with Gasteiger partial charge >= 0.3 is 149 Å². The van der Waals surface area contributed by atoms with Crippen molar-refractivity contribution in [1.82, 2.24) is 0 Å². The maximum absolute atomic E-state index is 6.04. The first kappa shape index (κ1) is 17.6. The number of nitrogens with two attached hydrogens (primary N) is 2. The zero-order valence-electron chi connectivity index (χ0n) is 12.7. The zero-order valence-corrected chi connectivity index (χ0v) is 17.3. The van der Waals surface area contributed by atoms with Gasteiger partial charge in [0.15, 0.2) is 0 Å². The quantitative estimate of drug-likeness (QED) is 0.415. The summed E-state index contributed by atoms with van der Waals surface area (Å²) in [5.41, 5.74) is 13.5. The van der Waals surface area contributed by atoms with Gasteiger partial charge in [0.25, 0.3) is 0 Å². The van der Waals surface area contributed by atoms with Gasteiger partial charge in [-0.25, -0.2) is 0 Å². The van der Waals surface area contributed by atoms with E-state index in [1.54, 1.807) is 0 Å². The number of hydrogen-bond donors (Lipinski definition) is 2. The number of hydrogen-bond acceptors (Lipinski definition) is 4. The van der Waals surface area contributed by atoms with E-state index < -0.39 is 0 Å². The second-order valence-corrected chi connectivity index (χ2v) is 14.3. The van der Waals surface area contributed by atoms with Crippen LogP contribution in [0.25, 0.3) is 0 Å². The van der Waals surface area contributed by atoms with Crippen LogP contribution in [-0.2, 0) is 0 Å². The van der Waals surface area contributed by atoms with Crippen LogP contribution in [-0.4, -0.2) is 47.3 Å². The summed E-state index contributed by atoms with van der Waals surface area (Å²) in [4.78, 5) is 0. The summed E-state index contributed by atoms with van der Waals surface area (Å²) in [7, 11) is 0. The fraction of sp³-hybridized carbons (Fsp3) is 0.250. The Morgan fingerprint density at radius 3 is 2.36 bits per heavy atom. The van der Waals surface area contributed by atoms with E-state index in [0.717, 1.165) is 22.9 Å². The van der Waals surface area contributed by atoms with Gasteiger partial charge in [-0.05, 0) is 0 Å². The Hall–Kier alpha value is -0.781. The summed E-state index contributed by atoms with van der Waals surface area (Å²) in [5.74, 6) is 1.66. The van der Waals surface area contributed by atoms with Gasteiger partial charge in [0.1, 0.15) is 0 Å². The van der Waals surface area contributed by atoms with Crippen molar-refractivity contribution in [3.8, 4) is 11.5 Å². The number of rotatable bonds is 7. The van der Waals surface area contributed by atoms with E-state index in [1.165, 1.54) is 7.22 Å². The summed E-state index contributed by atoms with van der Waals surface area (Å²) in [6.45, 7) is 5.23. The molecule has 0 fully saturated rings. The standard InChI is InChI=1S/C16H20N2O2Te2/c1-3-19-14-9-8-11(10-13(14)18)21-22-15-7-5-6-12(17)16(15)20-4-2/h5-10H,3-4,17-18H2,1-2H3. The van der Waals surface area contributed by atoms with Crippen molar-refractivity contribution < 1.29 is 9.47 Å². The van der Waals surface area contributed by atoms with Crippen LogP contribution >= 0.6 is 0 Å². The molecular weight excluding hydrogens is 507 g/mol. The van der Waals surface area contributed by atoms with E-state index >= 15 is 0 Å². The first-order valence-electron chi connectivity index (χ1n) is 7.03. The van der Waals surface area contributed by atoms with Gasteiger partial charge < -0.3 is 0 Å². The molecule has 0 radical (unpaired) electrons. The van der Waals surface area contributed by atoms with Crippen LogP contribution in [0.2, 0.25) is 0 Å². The Labute approximate surface area is 147 Å². The predicted octanol–water partition coefficient (Wildman–Crippen LogP) is 0.923. The van der Waals surface area contributed by atoms with Crippen molar-refractivity contribution in [2.45, 2.75) is 13.8 Å². The summed E-state index contributed by atoms with van der Waals surface area (Å²) in [5, 5.41) is 0. The van der Waals surface area contributed by atoms with E-state index in [2.05, 4.69) is 18.2 Å². The molecular formula is C16H20N2O2Te2. The molecule has 0 aliphatic rings. The first-order chi connectivity index (χ1) is 10.7. The van der Waals surface area contributed by atoms with Crippen molar-refractivity contribution in [1.29, 1.82) is 0 Å². The van der Waals surface area contributed by atoms with E-state index in [0.29, 0.717) is 13.2 Å². The minimum atomic E-state index is -0.303. The Morgan fingerprint density at radius 2 is 1.68 bits per heavy atom. The van der Waals surface area contributed by atoms with Crippen molar-refractivity contribution >= 4 is 52.7 Å². The van der Waals surface area contributed by atoms with Crippen molar-refractivity contribution in [3.05, 3.63) is 36.4 Å². The van der Waals surface area contributed by atoms with Crippen molar-refractivity contribution in [3.63, 3.8) is 0 Å². The normalized spacial score (nSPS) is 10.5. The Kier molecular flexibility index (Phi) is 6.99. The molecule has 2 aromatic carbocycles. The van der Waals surface area contributed by atoms with Gasteiger partial charge in [-0.2, -0.15) is 0 Å². The van der Waals surface area contributed by atoms with Crippen LogP contribution in [0.3, 0.4) is 0 Å². The Morgan fingerprint density at radius 1 is 0.909 bits per heavy atom. The molecule has 0 amide bonds. The van der Waals surface area contributed by atoms with Crippen LogP contribution in [0.1, 0.15) is 13.8 Å². The molecule has 0 saturated heterocycles. The molecule has 0 saturated carbocycles. The van der Waals surface area contributed by atoms with Gasteiger partial charge in [-0.1, -0.05) is 0 Å². The molecule has 0 heterocycles. The van der Waals surface area contributed by atoms with Crippen molar-refractivity contribution in [2.75, 3.05) is 24.7 Å². The Bertz CT molecular complexity index is 636. The molecule has 4 N–H and O–H groups in total. The second kappa shape index (κ2) is 8.75. The van der Waals surface area contributed by atoms with Gasteiger partial charge in [-0.3, -0.25) is 0 Å². The molecule has 22 heavy (non-hydrogen) atoms. The molecule has 4 nitrogen and oxygen atoms in total. The molecule has 0 aliphatic carbocycles. The maximum atomic E-state index is 6.04. The molecule has 6 heteroatoms. The third-order valence-corrected chi connectivity index (χ3v) is 14.5. The van der Waals surface area contributed by atoms with E-state index in [1.807, 2.05) is 32.0 Å². The summed E-state index contributed by atoms with van der Waals surface area (Å²) >= 11 is -0.573. The van der Waals surface area contributed by atoms with Gasteiger partial charge in [0.2, 0.25) is 0 Å². The third kappa shape index (κ3) is 4.61. The van der Waals surface area contributed by atoms with E-state index in [4.69, 9.17) is 20.9 Å². The summed E-state index contributed by atoms with van der Waals surface area (Å²) < 4.78 is 13.9. The molecule has 2 rings (SSSR count). The van der Waals surface area contributed by atoms with Crippen LogP contribution in [0.4, 0.5) is 11.4 Å². The molecule has 0 unspecified atom stereocenters. The van der Waals surface area contributed by atoms with Crippen LogP contribution in [0.5, 0.6) is 11.5 Å². The zero-order chi connectivity index (χ0) is 15.9. The molecule has 0 atom stereocenters. The monoisotopic (exact) mass is 532 g/mol. The molecule has 0 aliphatic heterocycles. The van der Waals surface area contributed by atoms with Crippen LogP contribution in [0, 0.1) is 0 Å². The molecule has 0 bridgehead atoms. The topological polar surface area (TPSA) is 70.5 Å². The Balaban J connectivity index is 2.10. The number of anilines is 2. The first-order valence-corrected chi connectivity index (χ1v) is 16.7. The molecule has 0 spiro atoms. The van der Waals surface area contributed by atoms with Gasteiger partial charge in [0, 0.05) is 0 Å². The molecule has 0 aromatic heterocycles. The second-order valence-electron chi connectivity index (χ2n) is 4.41. The number of ether oxygens (including phenoxy) is 2. The fourth-order valence-electron chi connectivity index (χ4n) is 1.86. The number of para-hydroxylation sites is 1.